The van der Waals surface area contributed by atoms with Crippen molar-refractivity contribution in [2.24, 2.45) is 0 Å². The highest BCUT2D eigenvalue weighted by Crippen LogP contribution is 2.22. The van der Waals surface area contributed by atoms with Gasteiger partial charge in [0.1, 0.15) is 0 Å². The van der Waals surface area contributed by atoms with Crippen molar-refractivity contribution in [1.29, 1.82) is 0 Å². The molecule has 138 valence electrons. The van der Waals surface area contributed by atoms with Crippen molar-refractivity contribution in [2.75, 3.05) is 22.7 Å². The number of fused-ring (bicyclic) bond motifs is 1. The lowest BCUT2D eigenvalue weighted by Gasteiger charge is -2.28. The summed E-state index contributed by atoms with van der Waals surface area (Å²) in [6, 6.07) is 15.9. The highest BCUT2D eigenvalue weighted by Gasteiger charge is 2.25. The third kappa shape index (κ3) is 3.62. The number of nitrogens with one attached hydrogen (secondary N) is 2. The Labute approximate surface area is 157 Å². The molecule has 8 heteroatoms. The summed E-state index contributed by atoms with van der Waals surface area (Å²) in [5.74, 6) is -0.267. The molecule has 1 fully saturated rings. The van der Waals surface area contributed by atoms with Crippen molar-refractivity contribution in [1.82, 2.24) is 9.71 Å². The van der Waals surface area contributed by atoms with Crippen LogP contribution in [0.2, 0.25) is 0 Å². The van der Waals surface area contributed by atoms with Crippen LogP contribution in [-0.2, 0) is 10.2 Å². The molecule has 2 N–H and O–H groups in total. The number of aromatic nitrogens is 1. The van der Waals surface area contributed by atoms with Crippen LogP contribution in [0.25, 0.3) is 10.9 Å². The van der Waals surface area contributed by atoms with E-state index in [-0.39, 0.29) is 5.91 Å². The Morgan fingerprint density at radius 3 is 2.70 bits per heavy atom. The summed E-state index contributed by atoms with van der Waals surface area (Å²) in [5, 5.41) is 3.84. The van der Waals surface area contributed by atoms with Crippen molar-refractivity contribution >= 4 is 38.4 Å². The Kier molecular flexibility index (Phi) is 4.51. The van der Waals surface area contributed by atoms with E-state index in [1.165, 1.54) is 4.31 Å². The zero-order valence-corrected chi connectivity index (χ0v) is 15.2. The number of benzene rings is 2. The topological polar surface area (TPSA) is 91.4 Å². The van der Waals surface area contributed by atoms with Gasteiger partial charge in [0, 0.05) is 35.9 Å². The molecule has 4 rings (SSSR count). The van der Waals surface area contributed by atoms with Crippen LogP contribution in [-0.4, -0.2) is 32.4 Å². The summed E-state index contributed by atoms with van der Waals surface area (Å²) in [6.07, 6.45) is 2.44. The zero-order valence-electron chi connectivity index (χ0n) is 14.4. The van der Waals surface area contributed by atoms with Gasteiger partial charge < -0.3 is 5.32 Å². The van der Waals surface area contributed by atoms with Gasteiger partial charge in [0.15, 0.2) is 0 Å². The molecule has 7 nitrogen and oxygen atoms in total. The monoisotopic (exact) mass is 382 g/mol. The molecule has 0 radical (unpaired) electrons. The van der Waals surface area contributed by atoms with Crippen molar-refractivity contribution in [3.8, 4) is 0 Å². The Bertz CT molecular complexity index is 1100. The summed E-state index contributed by atoms with van der Waals surface area (Å²) in [7, 11) is -3.50. The molecule has 2 aromatic carbocycles. The fraction of sp³-hybridized carbons (Fsp3) is 0.158. The standard InChI is InChI=1S/C19H18N4O3S/c24-19(22-16-7-4-14-3-1-10-20-18(14)13-16)15-5-8-17(9-6-15)23-12-2-11-21-27(23,25)26/h1,3-10,13,21H,2,11-12H2,(H,22,24). The van der Waals surface area contributed by atoms with Gasteiger partial charge in [0.25, 0.3) is 5.91 Å². The van der Waals surface area contributed by atoms with Crippen LogP contribution in [0.5, 0.6) is 0 Å². The van der Waals surface area contributed by atoms with Crippen LogP contribution in [0.1, 0.15) is 16.8 Å². The van der Waals surface area contributed by atoms with Gasteiger partial charge in [0.2, 0.25) is 0 Å². The lowest BCUT2D eigenvalue weighted by Crippen LogP contribution is -2.47. The molecule has 27 heavy (non-hydrogen) atoms. The van der Waals surface area contributed by atoms with Crippen LogP contribution in [0.3, 0.4) is 0 Å². The molecule has 0 atom stereocenters. The van der Waals surface area contributed by atoms with Crippen LogP contribution >= 0.6 is 0 Å². The fourth-order valence-electron chi connectivity index (χ4n) is 3.02. The van der Waals surface area contributed by atoms with E-state index in [2.05, 4.69) is 15.0 Å². The van der Waals surface area contributed by atoms with Crippen molar-refractivity contribution in [3.63, 3.8) is 0 Å². The second-order valence-electron chi connectivity index (χ2n) is 6.24. The van der Waals surface area contributed by atoms with E-state index >= 15 is 0 Å². The van der Waals surface area contributed by atoms with Crippen molar-refractivity contribution < 1.29 is 13.2 Å². The van der Waals surface area contributed by atoms with Crippen LogP contribution in [0.4, 0.5) is 11.4 Å². The number of nitrogens with zero attached hydrogens (tertiary/aromatic N) is 2. The van der Waals surface area contributed by atoms with E-state index in [1.54, 1.807) is 30.5 Å². The minimum atomic E-state index is -3.50. The molecule has 3 aromatic rings. The number of hydrogen-bond acceptors (Lipinski definition) is 4. The van der Waals surface area contributed by atoms with Crippen LogP contribution < -0.4 is 14.3 Å². The number of amides is 1. The molecule has 0 spiro atoms. The molecule has 1 aliphatic heterocycles. The lowest BCUT2D eigenvalue weighted by atomic mass is 10.1. The quantitative estimate of drug-likeness (QED) is 0.728. The second-order valence-corrected chi connectivity index (χ2v) is 7.92. The molecule has 0 bridgehead atoms. The van der Waals surface area contributed by atoms with E-state index in [0.717, 1.165) is 17.3 Å². The normalized spacial score (nSPS) is 16.2. The number of rotatable bonds is 3. The molecule has 1 saturated heterocycles. The SMILES string of the molecule is O=C(Nc1ccc2cccnc2c1)c1ccc(N2CCCNS2(=O)=O)cc1. The molecular weight excluding hydrogens is 364 g/mol. The molecular formula is C19H18N4O3S. The first-order valence-electron chi connectivity index (χ1n) is 8.56. The molecule has 2 heterocycles. The first kappa shape index (κ1) is 17.4. The number of hydrogen-bond donors (Lipinski definition) is 2. The third-order valence-electron chi connectivity index (χ3n) is 4.39. The van der Waals surface area contributed by atoms with E-state index in [1.807, 2.05) is 30.3 Å². The molecule has 0 saturated carbocycles. The summed E-state index contributed by atoms with van der Waals surface area (Å²) < 4.78 is 28.0. The molecule has 0 aliphatic carbocycles. The second kappa shape index (κ2) is 6.98. The van der Waals surface area contributed by atoms with Crippen molar-refractivity contribution in [3.05, 3.63) is 66.4 Å². The maximum atomic E-state index is 12.5. The lowest BCUT2D eigenvalue weighted by molar-refractivity contribution is 0.102. The van der Waals surface area contributed by atoms with E-state index in [0.29, 0.717) is 30.0 Å². The Balaban J connectivity index is 1.52. The zero-order chi connectivity index (χ0) is 18.9. The van der Waals surface area contributed by atoms with Gasteiger partial charge >= 0.3 is 10.2 Å². The minimum absolute atomic E-state index is 0.267. The highest BCUT2D eigenvalue weighted by molar-refractivity contribution is 7.90. The fourth-order valence-corrected chi connectivity index (χ4v) is 4.34. The Morgan fingerprint density at radius 2 is 1.93 bits per heavy atom. The molecule has 0 unspecified atom stereocenters. The maximum Gasteiger partial charge on any atom is 0.301 e. The van der Waals surface area contributed by atoms with Crippen molar-refractivity contribution in [2.45, 2.75) is 6.42 Å². The summed E-state index contributed by atoms with van der Waals surface area (Å²) in [4.78, 5) is 16.8. The number of anilines is 2. The van der Waals surface area contributed by atoms with Gasteiger partial charge in [-0.15, -0.1) is 0 Å². The van der Waals surface area contributed by atoms with Gasteiger partial charge in [-0.25, -0.2) is 0 Å². The van der Waals surface area contributed by atoms with Gasteiger partial charge in [0.05, 0.1) is 11.2 Å². The van der Waals surface area contributed by atoms with E-state index in [4.69, 9.17) is 0 Å². The van der Waals surface area contributed by atoms with E-state index < -0.39 is 10.2 Å². The average molecular weight is 382 g/mol. The van der Waals surface area contributed by atoms with Gasteiger partial charge in [-0.3, -0.25) is 14.1 Å². The Morgan fingerprint density at radius 1 is 1.11 bits per heavy atom. The van der Waals surface area contributed by atoms with Crippen LogP contribution in [0.15, 0.2) is 60.8 Å². The predicted octanol–water partition coefficient (Wildman–Crippen LogP) is 2.53. The van der Waals surface area contributed by atoms with Gasteiger partial charge in [-0.2, -0.15) is 13.1 Å². The molecule has 1 amide bonds. The summed E-state index contributed by atoms with van der Waals surface area (Å²) >= 11 is 0. The average Bonchev–Trinajstić information content (AvgIpc) is 2.68. The smallest absolute Gasteiger partial charge is 0.301 e. The molecule has 1 aromatic heterocycles. The van der Waals surface area contributed by atoms with E-state index in [9.17, 15) is 13.2 Å². The first-order valence-corrected chi connectivity index (χ1v) is 10.0. The first-order chi connectivity index (χ1) is 13.0. The maximum absolute atomic E-state index is 12.5. The number of carbonyl (C=O) groups is 1. The summed E-state index contributed by atoms with van der Waals surface area (Å²) in [6.45, 7) is 0.866. The minimum Gasteiger partial charge on any atom is -0.322 e. The molecule has 1 aliphatic rings. The van der Waals surface area contributed by atoms with Crippen LogP contribution in [0, 0.1) is 0 Å². The predicted molar refractivity (Wildman–Crippen MR) is 105 cm³/mol. The largest absolute Gasteiger partial charge is 0.322 e. The Hall–Kier alpha value is -2.97. The number of pyridine rings is 1. The third-order valence-corrected chi connectivity index (χ3v) is 5.94. The number of carbonyl (C=O) groups excluding carboxylic acids is 1. The van der Waals surface area contributed by atoms with Gasteiger partial charge in [-0.1, -0.05) is 12.1 Å². The summed E-state index contributed by atoms with van der Waals surface area (Å²) in [5.41, 5.74) is 2.43. The van der Waals surface area contributed by atoms with Gasteiger partial charge in [-0.05, 0) is 48.9 Å². The highest BCUT2D eigenvalue weighted by atomic mass is 32.2.